The molecule has 0 aliphatic heterocycles. The number of carboxylic acid groups (broad SMARTS) is 2. The van der Waals surface area contributed by atoms with E-state index in [0.29, 0.717) is 6.07 Å². The maximum absolute atomic E-state index is 14.2. The number of rotatable bonds is 11. The van der Waals surface area contributed by atoms with Gasteiger partial charge in [0.1, 0.15) is 11.1 Å². The van der Waals surface area contributed by atoms with E-state index in [0.717, 1.165) is 13.8 Å². The number of halogens is 16. The van der Waals surface area contributed by atoms with Crippen LogP contribution in [-0.4, -0.2) is 71.0 Å². The van der Waals surface area contributed by atoms with Gasteiger partial charge in [-0.05, 0) is 31.0 Å². The Morgan fingerprint density at radius 1 is 0.756 bits per heavy atom. The predicted molar refractivity (Wildman–Crippen MR) is 93.3 cm³/mol. The van der Waals surface area contributed by atoms with Gasteiger partial charge < -0.3 is 14.9 Å². The number of benzene rings is 1. The smallest absolute Gasteiger partial charge is 0.462 e. The van der Waals surface area contributed by atoms with Crippen LogP contribution in [-0.2, 0) is 9.47 Å². The van der Waals surface area contributed by atoms with Crippen molar-refractivity contribution in [3.05, 3.63) is 28.3 Å². The highest BCUT2D eigenvalue weighted by Gasteiger charge is 2.84. The highest BCUT2D eigenvalue weighted by Crippen LogP contribution is 2.55. The molecule has 0 aromatic heterocycles. The Morgan fingerprint density at radius 2 is 1.22 bits per heavy atom. The van der Waals surface area contributed by atoms with Crippen LogP contribution >= 0.6 is 0 Å². The van der Waals surface area contributed by atoms with Crippen LogP contribution in [0.4, 0.5) is 70.2 Å². The topological polar surface area (TPSA) is 102 Å². The Hall–Kier alpha value is -3.24. The van der Waals surface area contributed by atoms with Crippen molar-refractivity contribution in [3.8, 4) is 5.75 Å². The Morgan fingerprint density at radius 3 is 1.59 bits per heavy atom. The Balaban J connectivity index is 3.63. The van der Waals surface area contributed by atoms with E-state index >= 15 is 0 Å². The highest BCUT2D eigenvalue weighted by atomic mass is 19.4. The third-order valence-corrected chi connectivity index (χ3v) is 4.73. The van der Waals surface area contributed by atoms with Crippen LogP contribution in [0.1, 0.15) is 31.8 Å². The van der Waals surface area contributed by atoms with Gasteiger partial charge in [0.05, 0.1) is 0 Å². The second-order valence-electron chi connectivity index (χ2n) is 7.58. The number of carboxylic acids is 2. The monoisotopic (exact) mass is 642 g/mol. The fourth-order valence-electron chi connectivity index (χ4n) is 2.56. The molecule has 0 fully saturated rings. The van der Waals surface area contributed by atoms with Gasteiger partial charge in [-0.15, -0.1) is 0 Å². The van der Waals surface area contributed by atoms with E-state index in [2.05, 4.69) is 9.47 Å². The molecular weight excluding hydrogens is 632 g/mol. The number of alkyl halides is 16. The number of ether oxygens (including phenoxy) is 3. The zero-order valence-corrected chi connectivity index (χ0v) is 19.1. The van der Waals surface area contributed by atoms with E-state index in [-0.39, 0.29) is 5.56 Å². The summed E-state index contributed by atoms with van der Waals surface area (Å²) in [4.78, 5) is 22.7. The summed E-state index contributed by atoms with van der Waals surface area (Å²) in [6.45, 7) is 1.80. The van der Waals surface area contributed by atoms with Gasteiger partial charge in [0.2, 0.25) is 0 Å². The maximum Gasteiger partial charge on any atom is 0.462 e. The summed E-state index contributed by atoms with van der Waals surface area (Å²) < 4.78 is 218. The number of carbonyl (C=O) groups is 2. The molecule has 0 bridgehead atoms. The molecular formula is C18H10F16O7. The van der Waals surface area contributed by atoms with Crippen molar-refractivity contribution in [1.82, 2.24) is 0 Å². The number of hydrogen-bond acceptors (Lipinski definition) is 5. The van der Waals surface area contributed by atoms with E-state index in [1.54, 1.807) is 0 Å². The molecule has 0 aliphatic carbocycles. The van der Waals surface area contributed by atoms with Gasteiger partial charge in [0, 0.05) is 0 Å². The van der Waals surface area contributed by atoms with Gasteiger partial charge in [-0.25, -0.2) is 14.0 Å². The largest absolute Gasteiger partial charge is 0.478 e. The summed E-state index contributed by atoms with van der Waals surface area (Å²) in [5, 5.41) is 18.2. The van der Waals surface area contributed by atoms with E-state index in [4.69, 9.17) is 10.2 Å². The Bertz CT molecular complexity index is 1180. The molecule has 0 spiro atoms. The van der Waals surface area contributed by atoms with Crippen LogP contribution in [0.15, 0.2) is 6.07 Å². The molecule has 1 rings (SSSR count). The minimum atomic E-state index is -7.93. The summed E-state index contributed by atoms with van der Waals surface area (Å²) in [6.07, 6.45) is -42.9. The van der Waals surface area contributed by atoms with Gasteiger partial charge >= 0.3 is 60.8 Å². The van der Waals surface area contributed by atoms with E-state index in [9.17, 15) is 79.8 Å². The number of aromatic carboxylic acids is 2. The second kappa shape index (κ2) is 10.5. The molecule has 0 radical (unpaired) electrons. The lowest BCUT2D eigenvalue weighted by atomic mass is 9.98. The van der Waals surface area contributed by atoms with Crippen LogP contribution in [0, 0.1) is 13.8 Å². The van der Waals surface area contributed by atoms with Crippen molar-refractivity contribution in [3.63, 3.8) is 0 Å². The fraction of sp³-hybridized carbons (Fsp3) is 0.556. The van der Waals surface area contributed by atoms with E-state index in [1.165, 1.54) is 4.74 Å². The molecule has 2 N–H and O–H groups in total. The molecule has 41 heavy (non-hydrogen) atoms. The van der Waals surface area contributed by atoms with E-state index < -0.39 is 83.2 Å². The third kappa shape index (κ3) is 6.48. The molecule has 236 valence electrons. The lowest BCUT2D eigenvalue weighted by molar-refractivity contribution is -0.543. The molecule has 0 saturated carbocycles. The van der Waals surface area contributed by atoms with Gasteiger partial charge in [-0.1, -0.05) is 0 Å². The van der Waals surface area contributed by atoms with Crippen molar-refractivity contribution in [2.24, 2.45) is 0 Å². The lowest BCUT2D eigenvalue weighted by Crippen LogP contribution is -2.66. The molecule has 0 amide bonds. The molecule has 2 unspecified atom stereocenters. The van der Waals surface area contributed by atoms with E-state index in [1.807, 2.05) is 0 Å². The summed E-state index contributed by atoms with van der Waals surface area (Å²) in [5.41, 5.74) is -3.99. The van der Waals surface area contributed by atoms with Crippen LogP contribution in [0.25, 0.3) is 0 Å². The first-order valence-electron chi connectivity index (χ1n) is 9.53. The Labute approximate surface area is 214 Å². The normalized spacial score (nSPS) is 16.2. The summed E-state index contributed by atoms with van der Waals surface area (Å²) >= 11 is 0. The highest BCUT2D eigenvalue weighted by molar-refractivity contribution is 6.00. The third-order valence-electron chi connectivity index (χ3n) is 4.73. The van der Waals surface area contributed by atoms with Crippen molar-refractivity contribution in [1.29, 1.82) is 0 Å². The summed E-state index contributed by atoms with van der Waals surface area (Å²) in [7, 11) is 0. The average molecular weight is 642 g/mol. The molecule has 1 aromatic rings. The predicted octanol–water partition coefficient (Wildman–Crippen LogP) is 6.61. The molecule has 7 nitrogen and oxygen atoms in total. The zero-order chi connectivity index (χ0) is 32.9. The SMILES string of the molecule is Cc1cc(C(=O)O)c(OC(F)(F)C(F)OC(F)(F)C(F)(OC(F)(F)C(F)(F)C(F)(F)F)C(F)(F)F)c(C(=O)O)c1C. The fourth-order valence-corrected chi connectivity index (χ4v) is 2.56. The van der Waals surface area contributed by atoms with Gasteiger partial charge in [0.15, 0.2) is 5.75 Å². The van der Waals surface area contributed by atoms with Crippen molar-refractivity contribution >= 4 is 11.9 Å². The molecule has 0 aliphatic rings. The second-order valence-corrected chi connectivity index (χ2v) is 7.58. The molecule has 1 aromatic carbocycles. The van der Waals surface area contributed by atoms with Crippen molar-refractivity contribution < 1.29 is 104 Å². The van der Waals surface area contributed by atoms with Crippen LogP contribution in [0.2, 0.25) is 0 Å². The first kappa shape index (κ1) is 35.8. The Kier molecular flexibility index (Phi) is 9.21. The van der Waals surface area contributed by atoms with Crippen LogP contribution in [0.3, 0.4) is 0 Å². The average Bonchev–Trinajstić information content (AvgIpc) is 2.72. The number of aryl methyl sites for hydroxylation is 1. The first-order chi connectivity index (χ1) is 17.9. The maximum atomic E-state index is 14.2. The molecule has 0 saturated heterocycles. The first-order valence-corrected chi connectivity index (χ1v) is 9.53. The van der Waals surface area contributed by atoms with Gasteiger partial charge in [-0.3, -0.25) is 9.47 Å². The molecule has 2 atom stereocenters. The summed E-state index contributed by atoms with van der Waals surface area (Å²) in [6, 6.07) is 0.394. The van der Waals surface area contributed by atoms with Crippen molar-refractivity contribution in [2.45, 2.75) is 62.7 Å². The lowest BCUT2D eigenvalue weighted by Gasteiger charge is -2.38. The quantitative estimate of drug-likeness (QED) is 0.262. The number of hydrogen-bond donors (Lipinski definition) is 2. The van der Waals surface area contributed by atoms with Crippen LogP contribution < -0.4 is 4.74 Å². The van der Waals surface area contributed by atoms with Gasteiger partial charge in [-0.2, -0.15) is 65.9 Å². The summed E-state index contributed by atoms with van der Waals surface area (Å²) in [5.74, 6) is -22.5. The van der Waals surface area contributed by atoms with Crippen molar-refractivity contribution in [2.75, 3.05) is 0 Å². The van der Waals surface area contributed by atoms with Crippen LogP contribution in [0.5, 0.6) is 5.75 Å². The minimum Gasteiger partial charge on any atom is -0.478 e. The molecule has 0 heterocycles. The van der Waals surface area contributed by atoms with Gasteiger partial charge in [0.25, 0.3) is 0 Å². The zero-order valence-electron chi connectivity index (χ0n) is 19.1. The molecule has 23 heteroatoms. The minimum absolute atomic E-state index is 0.281. The standard InChI is InChI=1S/C18H10F16O7/c1-4-3-6(9(35)36)8(7(5(4)2)10(37)38)39-12(20,21)11(19)40-18(33,34)14(24,16(28,29)30)41-17(31,32)13(22,23)15(25,26)27/h3,11H,1-2H3,(H,35,36)(H,37,38).